The van der Waals surface area contributed by atoms with Gasteiger partial charge in [0.25, 0.3) is 0 Å². The van der Waals surface area contributed by atoms with Crippen molar-refractivity contribution < 1.29 is 18.0 Å². The van der Waals surface area contributed by atoms with Crippen molar-refractivity contribution in [2.45, 2.75) is 38.4 Å². The second kappa shape index (κ2) is 4.24. The predicted octanol–water partition coefficient (Wildman–Crippen LogP) is 1.52. The van der Waals surface area contributed by atoms with Gasteiger partial charge in [0, 0.05) is 19.0 Å². The standard InChI is InChI=1S/C10H17F3N2O/c1-7(2)8(16)15-5-3-4-9(15,6-14)10(11,12)13/h7H,3-6,14H2,1-2H3. The molecule has 0 aromatic carbocycles. The predicted molar refractivity (Wildman–Crippen MR) is 53.6 cm³/mol. The smallest absolute Gasteiger partial charge is 0.328 e. The average molecular weight is 238 g/mol. The van der Waals surface area contributed by atoms with Gasteiger partial charge in [0.05, 0.1) is 0 Å². The molecule has 1 aliphatic heterocycles. The summed E-state index contributed by atoms with van der Waals surface area (Å²) in [5.74, 6) is -0.911. The minimum absolute atomic E-state index is 0.0918. The quantitative estimate of drug-likeness (QED) is 0.793. The number of likely N-dealkylation sites (tertiary alicyclic amines) is 1. The number of carbonyl (C=O) groups is 1. The Balaban J connectivity index is 3.05. The van der Waals surface area contributed by atoms with E-state index in [4.69, 9.17) is 5.73 Å². The van der Waals surface area contributed by atoms with Crippen molar-refractivity contribution in [3.05, 3.63) is 0 Å². The van der Waals surface area contributed by atoms with E-state index in [9.17, 15) is 18.0 Å². The van der Waals surface area contributed by atoms with Crippen molar-refractivity contribution in [2.24, 2.45) is 11.7 Å². The monoisotopic (exact) mass is 238 g/mol. The molecule has 6 heteroatoms. The van der Waals surface area contributed by atoms with E-state index < -0.39 is 30.1 Å². The first-order chi connectivity index (χ1) is 7.26. The molecule has 1 saturated heterocycles. The number of carbonyl (C=O) groups excluding carboxylic acids is 1. The van der Waals surface area contributed by atoms with Crippen LogP contribution in [0.5, 0.6) is 0 Å². The third-order valence-electron chi connectivity index (χ3n) is 3.11. The maximum atomic E-state index is 13.0. The van der Waals surface area contributed by atoms with Crippen LogP contribution in [0, 0.1) is 5.92 Å². The molecule has 0 radical (unpaired) electrons. The molecule has 16 heavy (non-hydrogen) atoms. The van der Waals surface area contributed by atoms with Crippen molar-refractivity contribution in [1.82, 2.24) is 4.90 Å². The van der Waals surface area contributed by atoms with E-state index in [1.807, 2.05) is 0 Å². The van der Waals surface area contributed by atoms with Gasteiger partial charge in [-0.1, -0.05) is 13.8 Å². The van der Waals surface area contributed by atoms with Crippen molar-refractivity contribution in [2.75, 3.05) is 13.1 Å². The fraction of sp³-hybridized carbons (Fsp3) is 0.900. The zero-order chi connectivity index (χ0) is 12.6. The molecule has 3 nitrogen and oxygen atoms in total. The Morgan fingerprint density at radius 3 is 2.44 bits per heavy atom. The normalized spacial score (nSPS) is 26.6. The van der Waals surface area contributed by atoms with E-state index in [-0.39, 0.29) is 13.0 Å². The molecule has 94 valence electrons. The Labute approximate surface area is 92.8 Å². The number of nitrogens with zero attached hydrogens (tertiary/aromatic N) is 1. The first-order valence-corrected chi connectivity index (χ1v) is 5.34. The first-order valence-electron chi connectivity index (χ1n) is 5.34. The van der Waals surface area contributed by atoms with Crippen molar-refractivity contribution in [3.63, 3.8) is 0 Å². The van der Waals surface area contributed by atoms with Crippen LogP contribution in [-0.2, 0) is 4.79 Å². The van der Waals surface area contributed by atoms with E-state index in [2.05, 4.69) is 0 Å². The second-order valence-corrected chi connectivity index (χ2v) is 4.48. The van der Waals surface area contributed by atoms with Gasteiger partial charge in [-0.3, -0.25) is 4.79 Å². The lowest BCUT2D eigenvalue weighted by Gasteiger charge is -2.39. The molecule has 1 rings (SSSR count). The highest BCUT2D eigenvalue weighted by molar-refractivity contribution is 5.79. The van der Waals surface area contributed by atoms with Crippen LogP contribution in [0.2, 0.25) is 0 Å². The third kappa shape index (κ3) is 1.90. The second-order valence-electron chi connectivity index (χ2n) is 4.48. The molecule has 0 spiro atoms. The van der Waals surface area contributed by atoms with Crippen molar-refractivity contribution >= 4 is 5.91 Å². The van der Waals surface area contributed by atoms with Gasteiger partial charge in [0.15, 0.2) is 5.54 Å². The lowest BCUT2D eigenvalue weighted by molar-refractivity contribution is -0.221. The average Bonchev–Trinajstić information content (AvgIpc) is 2.59. The maximum absolute atomic E-state index is 13.0. The highest BCUT2D eigenvalue weighted by Crippen LogP contribution is 2.43. The first kappa shape index (κ1) is 13.3. The van der Waals surface area contributed by atoms with E-state index in [1.165, 1.54) is 0 Å². The number of nitrogens with two attached hydrogens (primary N) is 1. The summed E-state index contributed by atoms with van der Waals surface area (Å²) >= 11 is 0. The summed E-state index contributed by atoms with van der Waals surface area (Å²) in [7, 11) is 0. The van der Waals surface area contributed by atoms with Crippen LogP contribution in [0.15, 0.2) is 0 Å². The summed E-state index contributed by atoms with van der Waals surface area (Å²) in [4.78, 5) is 12.7. The lowest BCUT2D eigenvalue weighted by atomic mass is 9.94. The molecule has 1 heterocycles. The summed E-state index contributed by atoms with van der Waals surface area (Å²) in [6.45, 7) is 2.78. The highest BCUT2D eigenvalue weighted by Gasteiger charge is 2.61. The van der Waals surface area contributed by atoms with Gasteiger partial charge in [-0.25, -0.2) is 0 Å². The van der Waals surface area contributed by atoms with Gasteiger partial charge in [0.1, 0.15) is 0 Å². The molecule has 0 aromatic heterocycles. The van der Waals surface area contributed by atoms with Crippen LogP contribution in [0.25, 0.3) is 0 Å². The maximum Gasteiger partial charge on any atom is 0.412 e. The molecular formula is C10H17F3N2O. The molecule has 0 bridgehead atoms. The van der Waals surface area contributed by atoms with Crippen molar-refractivity contribution in [3.8, 4) is 0 Å². The highest BCUT2D eigenvalue weighted by atomic mass is 19.4. The molecule has 1 aliphatic rings. The number of amides is 1. The van der Waals surface area contributed by atoms with Gasteiger partial charge in [0.2, 0.25) is 5.91 Å². The van der Waals surface area contributed by atoms with Crippen LogP contribution >= 0.6 is 0 Å². The van der Waals surface area contributed by atoms with Gasteiger partial charge < -0.3 is 10.6 Å². The number of hydrogen-bond acceptors (Lipinski definition) is 2. The van der Waals surface area contributed by atoms with E-state index in [0.717, 1.165) is 4.90 Å². The van der Waals surface area contributed by atoms with Crippen LogP contribution in [0.4, 0.5) is 13.2 Å². The number of hydrogen-bond donors (Lipinski definition) is 1. The minimum Gasteiger partial charge on any atom is -0.328 e. The van der Waals surface area contributed by atoms with Gasteiger partial charge >= 0.3 is 6.18 Å². The summed E-state index contributed by atoms with van der Waals surface area (Å²) in [5, 5.41) is 0. The summed E-state index contributed by atoms with van der Waals surface area (Å²) in [6, 6.07) is 0. The molecule has 0 aromatic rings. The van der Waals surface area contributed by atoms with E-state index in [1.54, 1.807) is 13.8 Å². The molecule has 0 aliphatic carbocycles. The topological polar surface area (TPSA) is 46.3 Å². The molecule has 0 saturated carbocycles. The van der Waals surface area contributed by atoms with Gasteiger partial charge in [-0.2, -0.15) is 13.2 Å². The number of alkyl halides is 3. The zero-order valence-corrected chi connectivity index (χ0v) is 9.47. The summed E-state index contributed by atoms with van der Waals surface area (Å²) in [6.07, 6.45) is -4.19. The zero-order valence-electron chi connectivity index (χ0n) is 9.47. The Morgan fingerprint density at radius 2 is 2.06 bits per heavy atom. The van der Waals surface area contributed by atoms with Crippen LogP contribution < -0.4 is 5.73 Å². The Hall–Kier alpha value is -0.780. The van der Waals surface area contributed by atoms with Gasteiger partial charge in [-0.15, -0.1) is 0 Å². The minimum atomic E-state index is -4.46. The Bertz CT molecular complexity index is 278. The molecule has 2 N–H and O–H groups in total. The van der Waals surface area contributed by atoms with Crippen molar-refractivity contribution in [1.29, 1.82) is 0 Å². The molecule has 1 amide bonds. The number of halogens is 3. The Morgan fingerprint density at radius 1 is 1.50 bits per heavy atom. The van der Waals surface area contributed by atoms with E-state index in [0.29, 0.717) is 6.42 Å². The summed E-state index contributed by atoms with van der Waals surface area (Å²) < 4.78 is 39.0. The van der Waals surface area contributed by atoms with E-state index >= 15 is 0 Å². The van der Waals surface area contributed by atoms with Gasteiger partial charge in [-0.05, 0) is 12.8 Å². The third-order valence-corrected chi connectivity index (χ3v) is 3.11. The van der Waals surface area contributed by atoms with Crippen LogP contribution in [-0.4, -0.2) is 35.6 Å². The molecule has 1 fully saturated rings. The van der Waals surface area contributed by atoms with Crippen LogP contribution in [0.1, 0.15) is 26.7 Å². The SMILES string of the molecule is CC(C)C(=O)N1CCCC1(CN)C(F)(F)F. The summed E-state index contributed by atoms with van der Waals surface area (Å²) in [5.41, 5.74) is 3.12. The molecule has 1 atom stereocenters. The fourth-order valence-electron chi connectivity index (χ4n) is 2.13. The molecule has 1 unspecified atom stereocenters. The lowest BCUT2D eigenvalue weighted by Crippen LogP contribution is -2.62. The molecular weight excluding hydrogens is 221 g/mol. The largest absolute Gasteiger partial charge is 0.412 e. The Kier molecular flexibility index (Phi) is 3.52. The van der Waals surface area contributed by atoms with Crippen LogP contribution in [0.3, 0.4) is 0 Å². The fourth-order valence-corrected chi connectivity index (χ4v) is 2.13. The number of rotatable bonds is 2.